The van der Waals surface area contributed by atoms with Crippen molar-refractivity contribution in [2.75, 3.05) is 21.3 Å². The first kappa shape index (κ1) is 24.4. The summed E-state index contributed by atoms with van der Waals surface area (Å²) in [7, 11) is 4.78. The minimum Gasteiger partial charge on any atom is -0.496 e. The van der Waals surface area contributed by atoms with Gasteiger partial charge in [0.25, 0.3) is 5.56 Å². The van der Waals surface area contributed by atoms with E-state index in [4.69, 9.17) is 19.3 Å². The molecule has 0 N–H and O–H groups in total. The van der Waals surface area contributed by atoms with Crippen molar-refractivity contribution in [3.8, 4) is 45.6 Å². The molecule has 0 saturated carbocycles. The lowest BCUT2D eigenvalue weighted by molar-refractivity contribution is 0.355. The Morgan fingerprint density at radius 1 is 0.821 bits per heavy atom. The van der Waals surface area contributed by atoms with Crippen molar-refractivity contribution in [3.05, 3.63) is 99.4 Å². The van der Waals surface area contributed by atoms with Crippen molar-refractivity contribution in [1.29, 1.82) is 0 Å². The number of benzene rings is 3. The molecule has 0 aliphatic carbocycles. The lowest BCUT2D eigenvalue weighted by Crippen LogP contribution is -2.23. The topological polar surface area (TPSA) is 92.8 Å². The highest BCUT2D eigenvalue weighted by molar-refractivity contribution is 7.15. The number of thiazole rings is 1. The third-order valence-corrected chi connectivity index (χ3v) is 7.20. The number of fused-ring (bicyclic) bond motifs is 1. The van der Waals surface area contributed by atoms with Crippen LogP contribution >= 0.6 is 11.3 Å². The number of rotatable bonds is 7. The first-order valence-corrected chi connectivity index (χ1v) is 12.8. The predicted molar refractivity (Wildman–Crippen MR) is 150 cm³/mol. The van der Waals surface area contributed by atoms with E-state index in [1.807, 2.05) is 85.1 Å². The summed E-state index contributed by atoms with van der Waals surface area (Å²) in [6.07, 6.45) is 3.72. The average molecular weight is 538 g/mol. The summed E-state index contributed by atoms with van der Waals surface area (Å²) < 4.78 is 20.0. The van der Waals surface area contributed by atoms with Gasteiger partial charge < -0.3 is 14.2 Å². The maximum atomic E-state index is 13.4. The molecule has 10 heteroatoms. The van der Waals surface area contributed by atoms with Crippen molar-refractivity contribution < 1.29 is 14.2 Å². The maximum absolute atomic E-state index is 13.4. The Kier molecular flexibility index (Phi) is 6.29. The van der Waals surface area contributed by atoms with Crippen LogP contribution in [0.5, 0.6) is 17.2 Å². The van der Waals surface area contributed by atoms with Gasteiger partial charge in [-0.25, -0.2) is 4.68 Å². The minimum atomic E-state index is -0.255. The Balaban J connectivity index is 1.49. The van der Waals surface area contributed by atoms with E-state index in [0.717, 1.165) is 22.4 Å². The zero-order valence-electron chi connectivity index (χ0n) is 21.4. The molecule has 0 saturated heterocycles. The summed E-state index contributed by atoms with van der Waals surface area (Å²) >= 11 is 1.27. The first-order chi connectivity index (χ1) is 19.1. The van der Waals surface area contributed by atoms with Gasteiger partial charge in [0.15, 0.2) is 17.3 Å². The van der Waals surface area contributed by atoms with Crippen LogP contribution in [0.4, 0.5) is 0 Å². The molecule has 3 aromatic heterocycles. The summed E-state index contributed by atoms with van der Waals surface area (Å²) in [6.45, 7) is 0. The molecule has 3 heterocycles. The molecule has 6 aromatic rings. The van der Waals surface area contributed by atoms with Crippen LogP contribution in [0.3, 0.4) is 0 Å². The van der Waals surface area contributed by atoms with Crippen LogP contribution in [0.1, 0.15) is 5.56 Å². The Labute approximate surface area is 227 Å². The lowest BCUT2D eigenvalue weighted by Gasteiger charge is -2.09. The second-order valence-electron chi connectivity index (χ2n) is 8.53. The molecule has 6 rings (SSSR count). The standard InChI is InChI=1S/C29H23N5O4S/c1-36-22-12-8-7-11-21(22)27-30-29-34(32-27)28(35)25(39-29)16-19-17-33(20-9-5-4-6-10-20)31-26(19)18-13-14-23(37-2)24(15-18)38-3/h4-17H,1-3H3. The third kappa shape index (κ3) is 4.40. The minimum absolute atomic E-state index is 0.255. The van der Waals surface area contributed by atoms with E-state index in [1.165, 1.54) is 15.9 Å². The highest BCUT2D eigenvalue weighted by Crippen LogP contribution is 2.34. The second-order valence-corrected chi connectivity index (χ2v) is 9.54. The first-order valence-electron chi connectivity index (χ1n) is 12.0. The highest BCUT2D eigenvalue weighted by atomic mass is 32.1. The Morgan fingerprint density at radius 3 is 2.31 bits per heavy atom. The number of methoxy groups -OCH3 is 3. The molecule has 0 spiro atoms. The van der Waals surface area contributed by atoms with Crippen LogP contribution in [-0.2, 0) is 0 Å². The number of hydrogen-bond acceptors (Lipinski definition) is 8. The largest absolute Gasteiger partial charge is 0.496 e. The van der Waals surface area contributed by atoms with E-state index < -0.39 is 0 Å². The summed E-state index contributed by atoms with van der Waals surface area (Å²) in [5, 5.41) is 9.34. The molecule has 9 nitrogen and oxygen atoms in total. The van der Waals surface area contributed by atoms with Gasteiger partial charge in [0.1, 0.15) is 11.4 Å². The Morgan fingerprint density at radius 2 is 1.56 bits per heavy atom. The monoisotopic (exact) mass is 537 g/mol. The molecule has 0 bridgehead atoms. The fourth-order valence-electron chi connectivity index (χ4n) is 4.33. The molecule has 0 fully saturated rings. The molecule has 194 valence electrons. The smallest absolute Gasteiger partial charge is 0.291 e. The molecule has 0 unspecified atom stereocenters. The summed E-state index contributed by atoms with van der Waals surface area (Å²) in [5.41, 5.74) is 3.63. The van der Waals surface area contributed by atoms with Gasteiger partial charge in [0, 0.05) is 17.3 Å². The quantitative estimate of drug-likeness (QED) is 0.301. The fourth-order valence-corrected chi connectivity index (χ4v) is 5.23. The number of para-hydroxylation sites is 2. The molecule has 3 aromatic carbocycles. The number of ether oxygens (including phenoxy) is 3. The SMILES string of the molecule is COc1ccc(-c2nn(-c3ccccc3)cc2C=c2sc3nc(-c4ccccc4OC)nn3c2=O)cc1OC. The molecule has 0 amide bonds. The number of hydrogen-bond donors (Lipinski definition) is 0. The number of nitrogens with zero attached hydrogens (tertiary/aromatic N) is 5. The molecule has 0 radical (unpaired) electrons. The van der Waals surface area contributed by atoms with Gasteiger partial charge in [0.2, 0.25) is 4.96 Å². The van der Waals surface area contributed by atoms with Gasteiger partial charge in [0.05, 0.1) is 37.1 Å². The van der Waals surface area contributed by atoms with Gasteiger partial charge >= 0.3 is 0 Å². The molecule has 0 aliphatic heterocycles. The van der Waals surface area contributed by atoms with E-state index >= 15 is 0 Å². The Bertz CT molecular complexity index is 1910. The van der Waals surface area contributed by atoms with E-state index in [1.54, 1.807) is 26.0 Å². The van der Waals surface area contributed by atoms with Crippen molar-refractivity contribution in [2.24, 2.45) is 0 Å². The molecule has 0 atom stereocenters. The van der Waals surface area contributed by atoms with Crippen LogP contribution in [0.2, 0.25) is 0 Å². The molecule has 0 aliphatic rings. The summed E-state index contributed by atoms with van der Waals surface area (Å²) in [6, 6.07) is 22.9. The van der Waals surface area contributed by atoms with Crippen molar-refractivity contribution in [2.45, 2.75) is 0 Å². The highest BCUT2D eigenvalue weighted by Gasteiger charge is 2.17. The number of aromatic nitrogens is 5. The predicted octanol–water partition coefficient (Wildman–Crippen LogP) is 4.24. The van der Waals surface area contributed by atoms with Gasteiger partial charge in [-0.2, -0.15) is 14.6 Å². The lowest BCUT2D eigenvalue weighted by atomic mass is 10.1. The van der Waals surface area contributed by atoms with Gasteiger partial charge in [-0.1, -0.05) is 41.7 Å². The van der Waals surface area contributed by atoms with Crippen LogP contribution in [0, 0.1) is 0 Å². The van der Waals surface area contributed by atoms with Crippen molar-refractivity contribution in [3.63, 3.8) is 0 Å². The average Bonchev–Trinajstić information content (AvgIpc) is 3.68. The fraction of sp³-hybridized carbons (Fsp3) is 0.103. The van der Waals surface area contributed by atoms with E-state index in [2.05, 4.69) is 10.1 Å². The van der Waals surface area contributed by atoms with Crippen LogP contribution < -0.4 is 24.3 Å². The zero-order valence-corrected chi connectivity index (χ0v) is 22.2. The van der Waals surface area contributed by atoms with E-state index in [9.17, 15) is 4.79 Å². The molecular formula is C29H23N5O4S. The molecule has 39 heavy (non-hydrogen) atoms. The molecular weight excluding hydrogens is 514 g/mol. The van der Waals surface area contributed by atoms with Crippen LogP contribution in [0.15, 0.2) is 83.8 Å². The maximum Gasteiger partial charge on any atom is 0.291 e. The summed E-state index contributed by atoms with van der Waals surface area (Å²) in [4.78, 5) is 18.5. The van der Waals surface area contributed by atoms with Crippen LogP contribution in [0.25, 0.3) is 39.4 Å². The van der Waals surface area contributed by atoms with E-state index in [-0.39, 0.29) is 5.56 Å². The van der Waals surface area contributed by atoms with Gasteiger partial charge in [-0.15, -0.1) is 5.10 Å². The van der Waals surface area contributed by atoms with Gasteiger partial charge in [-0.05, 0) is 48.5 Å². The zero-order chi connectivity index (χ0) is 26.9. The second kappa shape index (κ2) is 10.1. The van der Waals surface area contributed by atoms with E-state index in [0.29, 0.717) is 38.3 Å². The van der Waals surface area contributed by atoms with Crippen molar-refractivity contribution in [1.82, 2.24) is 24.4 Å². The Hall–Kier alpha value is -4.96. The van der Waals surface area contributed by atoms with Crippen molar-refractivity contribution >= 4 is 22.4 Å². The van der Waals surface area contributed by atoms with Gasteiger partial charge in [-0.3, -0.25) is 4.79 Å². The van der Waals surface area contributed by atoms with Crippen LogP contribution in [-0.4, -0.2) is 45.7 Å². The third-order valence-electron chi connectivity index (χ3n) is 6.24. The summed E-state index contributed by atoms with van der Waals surface area (Å²) in [5.74, 6) is 2.28. The normalized spacial score (nSPS) is 11.7.